The first-order valence-corrected chi connectivity index (χ1v) is 9.50. The van der Waals surface area contributed by atoms with Gasteiger partial charge in [0.15, 0.2) is 11.2 Å². The molecule has 0 spiro atoms. The largest absolute Gasteiger partial charge is 0.448 e. The minimum Gasteiger partial charge on any atom is -0.448 e. The van der Waals surface area contributed by atoms with Gasteiger partial charge in [-0.15, -0.1) is 11.3 Å². The summed E-state index contributed by atoms with van der Waals surface area (Å²) in [5.74, 6) is -0.814. The molecule has 1 atom stereocenters. The number of hydrogen-bond donors (Lipinski definition) is 1. The summed E-state index contributed by atoms with van der Waals surface area (Å²) in [6, 6.07) is 15.5. The monoisotopic (exact) mass is 378 g/mol. The number of nitrogens with one attached hydrogen (secondary N) is 1. The quantitative estimate of drug-likeness (QED) is 0.702. The van der Waals surface area contributed by atoms with E-state index in [4.69, 9.17) is 4.74 Å². The predicted octanol–water partition coefficient (Wildman–Crippen LogP) is 3.76. The van der Waals surface area contributed by atoms with Crippen molar-refractivity contribution >= 4 is 28.3 Å². The summed E-state index contributed by atoms with van der Waals surface area (Å²) in [5, 5.41) is 3.28. The lowest BCUT2D eigenvalue weighted by Crippen LogP contribution is -2.37. The Kier molecular flexibility index (Phi) is 4.73. The van der Waals surface area contributed by atoms with Gasteiger partial charge in [-0.2, -0.15) is 0 Å². The van der Waals surface area contributed by atoms with E-state index in [9.17, 15) is 9.59 Å². The van der Waals surface area contributed by atoms with Gasteiger partial charge >= 0.3 is 5.97 Å². The second kappa shape index (κ2) is 7.32. The molecule has 3 aromatic rings. The van der Waals surface area contributed by atoms with E-state index in [1.54, 1.807) is 18.3 Å². The normalized spacial score (nSPS) is 15.7. The molecule has 1 amide bonds. The Morgan fingerprint density at radius 1 is 1.26 bits per heavy atom. The average molecular weight is 378 g/mol. The molecule has 1 aliphatic heterocycles. The van der Waals surface area contributed by atoms with Crippen molar-refractivity contribution < 1.29 is 14.3 Å². The fourth-order valence-electron chi connectivity index (χ4n) is 3.13. The number of fused-ring (bicyclic) bond motifs is 1. The molecule has 0 fully saturated rings. The first-order chi connectivity index (χ1) is 13.1. The molecule has 0 saturated carbocycles. The van der Waals surface area contributed by atoms with E-state index in [0.29, 0.717) is 17.1 Å². The fourth-order valence-corrected chi connectivity index (χ4v) is 3.98. The summed E-state index contributed by atoms with van der Waals surface area (Å²) < 4.78 is 5.29. The van der Waals surface area contributed by atoms with Crippen LogP contribution in [0.1, 0.15) is 31.9 Å². The fraction of sp³-hybridized carbons (Fsp3) is 0.190. The van der Waals surface area contributed by atoms with Crippen LogP contribution in [-0.2, 0) is 22.4 Å². The maximum atomic E-state index is 12.5. The van der Waals surface area contributed by atoms with Crippen molar-refractivity contribution in [3.8, 4) is 0 Å². The number of esters is 1. The number of anilines is 1. The van der Waals surface area contributed by atoms with Gasteiger partial charge in [0.2, 0.25) is 0 Å². The number of hydrogen-bond acceptors (Lipinski definition) is 5. The molecule has 1 aromatic heterocycles. The smallest absolute Gasteiger partial charge is 0.339 e. The van der Waals surface area contributed by atoms with E-state index in [1.165, 1.54) is 22.5 Å². The first-order valence-electron chi connectivity index (χ1n) is 8.68. The third kappa shape index (κ3) is 3.90. The Morgan fingerprint density at radius 3 is 2.96 bits per heavy atom. The van der Waals surface area contributed by atoms with Crippen molar-refractivity contribution in [3.05, 3.63) is 81.9 Å². The lowest BCUT2D eigenvalue weighted by molar-refractivity contribution is -0.125. The molecule has 5 nitrogen and oxygen atoms in total. The predicted molar refractivity (Wildman–Crippen MR) is 104 cm³/mol. The zero-order chi connectivity index (χ0) is 18.8. The molecule has 4 rings (SSSR count). The molecule has 0 bridgehead atoms. The maximum Gasteiger partial charge on any atom is 0.339 e. The number of nitrogens with zero attached hydrogens (tertiary/aromatic N) is 1. The lowest BCUT2D eigenvalue weighted by atomic mass is 9.98. The molecule has 2 aromatic carbocycles. The molecule has 27 heavy (non-hydrogen) atoms. The number of ether oxygens (including phenoxy) is 1. The van der Waals surface area contributed by atoms with Crippen molar-refractivity contribution in [2.75, 3.05) is 5.32 Å². The number of benzene rings is 2. The van der Waals surface area contributed by atoms with Crippen LogP contribution in [0.2, 0.25) is 0 Å². The van der Waals surface area contributed by atoms with Crippen LogP contribution in [0.5, 0.6) is 0 Å². The summed E-state index contributed by atoms with van der Waals surface area (Å²) in [6.45, 7) is 2.06. The number of rotatable bonds is 4. The number of carbonyl (C=O) groups is 2. The highest BCUT2D eigenvalue weighted by Crippen LogP contribution is 2.24. The molecule has 0 aliphatic carbocycles. The van der Waals surface area contributed by atoms with Crippen molar-refractivity contribution in [1.29, 1.82) is 0 Å². The minimum atomic E-state index is -0.837. The van der Waals surface area contributed by atoms with Gasteiger partial charge in [-0.25, -0.2) is 9.78 Å². The molecule has 1 N–H and O–H groups in total. The minimum absolute atomic E-state index is 0.352. The van der Waals surface area contributed by atoms with Crippen LogP contribution in [0.3, 0.4) is 0 Å². The summed E-state index contributed by atoms with van der Waals surface area (Å²) in [7, 11) is 0. The molecule has 0 saturated heterocycles. The molecular weight excluding hydrogens is 360 g/mol. The van der Waals surface area contributed by atoms with Crippen LogP contribution in [0, 0.1) is 6.92 Å². The van der Waals surface area contributed by atoms with Gasteiger partial charge in [0.05, 0.1) is 5.56 Å². The van der Waals surface area contributed by atoms with Crippen molar-refractivity contribution in [2.45, 2.75) is 25.9 Å². The second-order valence-corrected chi connectivity index (χ2v) is 7.66. The van der Waals surface area contributed by atoms with Gasteiger partial charge < -0.3 is 4.74 Å². The number of aryl methyl sites for hydroxylation is 1. The number of carbonyl (C=O) groups excluding carboxylic acids is 2. The Morgan fingerprint density at radius 2 is 2.11 bits per heavy atom. The highest BCUT2D eigenvalue weighted by Gasteiger charge is 2.31. The van der Waals surface area contributed by atoms with Gasteiger partial charge in [-0.05, 0) is 24.1 Å². The molecular formula is C21H18N2O3S. The third-order valence-corrected chi connectivity index (χ3v) is 5.34. The number of amides is 1. The molecule has 136 valence electrons. The van der Waals surface area contributed by atoms with E-state index in [0.717, 1.165) is 16.9 Å². The van der Waals surface area contributed by atoms with Gasteiger partial charge in [-0.3, -0.25) is 10.1 Å². The molecule has 0 radical (unpaired) electrons. The van der Waals surface area contributed by atoms with E-state index in [1.807, 2.05) is 18.2 Å². The first kappa shape index (κ1) is 17.4. The lowest BCUT2D eigenvalue weighted by Gasteiger charge is -2.23. The number of thiazole rings is 1. The van der Waals surface area contributed by atoms with Crippen molar-refractivity contribution in [3.63, 3.8) is 0 Å². The van der Waals surface area contributed by atoms with Gasteiger partial charge in [-0.1, -0.05) is 48.0 Å². The highest BCUT2D eigenvalue weighted by molar-refractivity contribution is 7.15. The van der Waals surface area contributed by atoms with Gasteiger partial charge in [0, 0.05) is 23.9 Å². The van der Waals surface area contributed by atoms with Crippen LogP contribution in [0.15, 0.2) is 54.7 Å². The Bertz CT molecular complexity index is 1010. The molecule has 1 aliphatic rings. The molecule has 2 heterocycles. The van der Waals surface area contributed by atoms with Crippen LogP contribution in [0.25, 0.3) is 0 Å². The summed E-state index contributed by atoms with van der Waals surface area (Å²) in [4.78, 5) is 29.9. The van der Waals surface area contributed by atoms with Crippen molar-refractivity contribution in [1.82, 2.24) is 4.98 Å². The van der Waals surface area contributed by atoms with Crippen LogP contribution in [0.4, 0.5) is 5.13 Å². The Labute approximate surface area is 161 Å². The SMILES string of the molecule is Cc1cccc(Cc2cnc(NC(=O)C3Cc4ccccc4C(=O)O3)s2)c1. The zero-order valence-corrected chi connectivity index (χ0v) is 15.6. The molecule has 1 unspecified atom stereocenters. The number of aromatic nitrogens is 1. The summed E-state index contributed by atoms with van der Waals surface area (Å²) in [6.07, 6.45) is 2.07. The third-order valence-electron chi connectivity index (χ3n) is 4.43. The number of cyclic esters (lactones) is 1. The summed E-state index contributed by atoms with van der Waals surface area (Å²) in [5.41, 5.74) is 3.77. The van der Waals surface area contributed by atoms with E-state index in [-0.39, 0.29) is 5.91 Å². The Balaban J connectivity index is 1.42. The second-order valence-electron chi connectivity index (χ2n) is 6.54. The summed E-state index contributed by atoms with van der Waals surface area (Å²) >= 11 is 1.43. The van der Waals surface area contributed by atoms with Crippen molar-refractivity contribution in [2.24, 2.45) is 0 Å². The maximum absolute atomic E-state index is 12.5. The highest BCUT2D eigenvalue weighted by atomic mass is 32.1. The molecule has 6 heteroatoms. The average Bonchev–Trinajstić information content (AvgIpc) is 3.08. The zero-order valence-electron chi connectivity index (χ0n) is 14.8. The standard InChI is InChI=1S/C21H18N2O3S/c1-13-5-4-6-14(9-13)10-16-12-22-21(27-16)23-19(24)18-11-15-7-2-3-8-17(15)20(25)26-18/h2-9,12,18H,10-11H2,1H3,(H,22,23,24). The topological polar surface area (TPSA) is 68.3 Å². The van der Waals surface area contributed by atoms with Crippen LogP contribution >= 0.6 is 11.3 Å². The van der Waals surface area contributed by atoms with E-state index in [2.05, 4.69) is 35.4 Å². The van der Waals surface area contributed by atoms with Gasteiger partial charge in [0.1, 0.15) is 0 Å². The van der Waals surface area contributed by atoms with Crippen LogP contribution in [-0.4, -0.2) is 23.0 Å². The van der Waals surface area contributed by atoms with E-state index < -0.39 is 12.1 Å². The van der Waals surface area contributed by atoms with E-state index >= 15 is 0 Å². The van der Waals surface area contributed by atoms with Gasteiger partial charge in [0.25, 0.3) is 5.91 Å². The van der Waals surface area contributed by atoms with Crippen LogP contribution < -0.4 is 5.32 Å². The Hall–Kier alpha value is -2.99.